The van der Waals surface area contributed by atoms with E-state index in [4.69, 9.17) is 14.2 Å². The third kappa shape index (κ3) is 67.1. The predicted octanol–water partition coefficient (Wildman–Crippen LogP) is 24.4. The Morgan fingerprint density at radius 3 is 0.744 bits per heavy atom. The van der Waals surface area contributed by atoms with Crippen molar-refractivity contribution in [2.45, 2.75) is 354 Å². The Labute approximate surface area is 508 Å². The minimum atomic E-state index is -0.774. The van der Waals surface area contributed by atoms with E-state index in [1.54, 1.807) is 0 Å². The first-order valence-electron chi connectivity index (χ1n) is 35.2. The average molecular weight is 1140 g/mol. The van der Waals surface area contributed by atoms with Crippen molar-refractivity contribution in [2.75, 3.05) is 13.2 Å². The summed E-state index contributed by atoms with van der Waals surface area (Å²) in [5, 5.41) is 0. The van der Waals surface area contributed by atoms with Gasteiger partial charge in [0.1, 0.15) is 13.2 Å². The molecule has 0 aliphatic carbocycles. The molecule has 0 aromatic heterocycles. The lowest BCUT2D eigenvalue weighted by Gasteiger charge is -2.18. The Morgan fingerprint density at radius 1 is 0.256 bits per heavy atom. The van der Waals surface area contributed by atoms with Crippen LogP contribution in [0.2, 0.25) is 0 Å². The summed E-state index contributed by atoms with van der Waals surface area (Å²) in [6.07, 6.45) is 94.8. The maximum Gasteiger partial charge on any atom is 0.306 e. The van der Waals surface area contributed by atoms with Crippen LogP contribution in [0.4, 0.5) is 0 Å². The summed E-state index contributed by atoms with van der Waals surface area (Å²) in [4.78, 5) is 38.1. The first kappa shape index (κ1) is 78.3. The number of esters is 3. The first-order valence-corrected chi connectivity index (χ1v) is 35.2. The molecule has 6 heteroatoms. The number of hydrogen-bond donors (Lipinski definition) is 0. The Bertz CT molecular complexity index is 1590. The second-order valence-electron chi connectivity index (χ2n) is 23.4. The quantitative estimate of drug-likeness (QED) is 0.0261. The van der Waals surface area contributed by atoms with Crippen molar-refractivity contribution in [3.8, 4) is 0 Å². The summed E-state index contributed by atoms with van der Waals surface area (Å²) >= 11 is 0. The Morgan fingerprint density at radius 2 is 0.476 bits per heavy atom. The summed E-state index contributed by atoms with van der Waals surface area (Å²) in [7, 11) is 0. The van der Waals surface area contributed by atoms with E-state index in [9.17, 15) is 14.4 Å². The number of ether oxygens (including phenoxy) is 3. The molecule has 0 saturated heterocycles. The molecule has 6 nitrogen and oxygen atoms in total. The third-order valence-corrected chi connectivity index (χ3v) is 15.3. The zero-order valence-corrected chi connectivity index (χ0v) is 54.2. The van der Waals surface area contributed by atoms with E-state index in [0.717, 1.165) is 109 Å². The van der Waals surface area contributed by atoms with Gasteiger partial charge < -0.3 is 14.2 Å². The van der Waals surface area contributed by atoms with E-state index in [1.165, 1.54) is 199 Å². The molecule has 0 aromatic rings. The summed E-state index contributed by atoms with van der Waals surface area (Å²) in [5.74, 6) is -0.869. The molecule has 82 heavy (non-hydrogen) atoms. The van der Waals surface area contributed by atoms with Crippen LogP contribution in [0.1, 0.15) is 348 Å². The molecule has 0 spiro atoms. The zero-order chi connectivity index (χ0) is 59.2. The van der Waals surface area contributed by atoms with Crippen molar-refractivity contribution in [1.29, 1.82) is 0 Å². The molecular weight excluding hydrogens is 1010 g/mol. The molecule has 0 fully saturated rings. The molecule has 1 unspecified atom stereocenters. The fourth-order valence-electron chi connectivity index (χ4n) is 10.1. The number of carbonyl (C=O) groups is 3. The molecule has 0 rings (SSSR count). The van der Waals surface area contributed by atoms with Crippen LogP contribution in [-0.4, -0.2) is 37.2 Å². The molecule has 0 radical (unpaired) electrons. The molecule has 0 bridgehead atoms. The van der Waals surface area contributed by atoms with E-state index < -0.39 is 6.10 Å². The lowest BCUT2D eigenvalue weighted by Crippen LogP contribution is -2.30. The molecular formula is C76H132O6. The summed E-state index contributed by atoms with van der Waals surface area (Å²) in [5.41, 5.74) is 0. The van der Waals surface area contributed by atoms with Gasteiger partial charge in [-0.3, -0.25) is 14.4 Å². The van der Waals surface area contributed by atoms with Crippen molar-refractivity contribution in [1.82, 2.24) is 0 Å². The highest BCUT2D eigenvalue weighted by Crippen LogP contribution is 2.18. The van der Waals surface area contributed by atoms with Crippen LogP contribution in [0, 0.1) is 0 Å². The van der Waals surface area contributed by atoms with E-state index in [2.05, 4.69) is 118 Å². The van der Waals surface area contributed by atoms with E-state index in [-0.39, 0.29) is 31.1 Å². The van der Waals surface area contributed by atoms with Crippen LogP contribution in [0.5, 0.6) is 0 Å². The van der Waals surface area contributed by atoms with Gasteiger partial charge in [-0.15, -0.1) is 0 Å². The van der Waals surface area contributed by atoms with Crippen molar-refractivity contribution >= 4 is 17.9 Å². The highest BCUT2D eigenvalue weighted by Gasteiger charge is 2.19. The van der Waals surface area contributed by atoms with Crippen molar-refractivity contribution < 1.29 is 28.6 Å². The van der Waals surface area contributed by atoms with E-state index >= 15 is 0 Å². The third-order valence-electron chi connectivity index (χ3n) is 15.3. The van der Waals surface area contributed by atoms with E-state index in [1.807, 2.05) is 0 Å². The minimum Gasteiger partial charge on any atom is -0.462 e. The van der Waals surface area contributed by atoms with Gasteiger partial charge in [0.15, 0.2) is 6.10 Å². The standard InChI is InChI=1S/C76H132O6/c1-4-7-10-13-16-18-20-22-24-26-28-30-32-34-35-36-37-38-39-40-41-43-44-46-48-50-52-54-56-58-60-63-66-69-75(78)81-72-73(71-80-74(77)68-65-62-15-12-9-6-3)82-76(79)70-67-64-61-59-57-55-53-51-49-47-45-42-33-31-29-27-25-23-21-19-17-14-11-8-5-2/h7-8,10-11,16-19,22-25,28-31,73H,4-6,9,12-15,20-21,26-27,32-72H2,1-3H3/b10-7-,11-8-,18-16-,19-17-,24-22-,25-23-,30-28-,31-29-. The van der Waals surface area contributed by atoms with Crippen molar-refractivity contribution in [2.24, 2.45) is 0 Å². The minimum absolute atomic E-state index is 0.0732. The lowest BCUT2D eigenvalue weighted by atomic mass is 10.0. The fraction of sp³-hybridized carbons (Fsp3) is 0.750. The number of rotatable bonds is 64. The Balaban J connectivity index is 3.98. The van der Waals surface area contributed by atoms with Gasteiger partial charge in [0.05, 0.1) is 0 Å². The van der Waals surface area contributed by atoms with Gasteiger partial charge in [-0.2, -0.15) is 0 Å². The molecule has 0 aliphatic heterocycles. The van der Waals surface area contributed by atoms with E-state index in [0.29, 0.717) is 19.3 Å². The van der Waals surface area contributed by atoms with Gasteiger partial charge in [0.25, 0.3) is 0 Å². The molecule has 1 atom stereocenters. The molecule has 0 N–H and O–H groups in total. The molecule has 0 aromatic carbocycles. The largest absolute Gasteiger partial charge is 0.462 e. The summed E-state index contributed by atoms with van der Waals surface area (Å²) in [6, 6.07) is 0. The molecule has 0 amide bonds. The smallest absolute Gasteiger partial charge is 0.306 e. The SMILES string of the molecule is CC/C=C\C/C=C\C/C=C\C/C=C\CCCCCCCCCCCCCCCCCCCCCCC(=O)OCC(COC(=O)CCCCCCCC)OC(=O)CCCCCCCCCCCCCC/C=C\C/C=C\C/C=C\C/C=C\CC. The Kier molecular flexibility index (Phi) is 66.7. The number of allylic oxidation sites excluding steroid dienone is 16. The van der Waals surface area contributed by atoms with Crippen LogP contribution in [0.3, 0.4) is 0 Å². The zero-order valence-electron chi connectivity index (χ0n) is 54.2. The normalized spacial score (nSPS) is 12.7. The number of unbranched alkanes of at least 4 members (excludes halogenated alkanes) is 37. The van der Waals surface area contributed by atoms with Crippen LogP contribution < -0.4 is 0 Å². The summed E-state index contributed by atoms with van der Waals surface area (Å²) in [6.45, 7) is 6.39. The molecule has 472 valence electrons. The topological polar surface area (TPSA) is 78.9 Å². The first-order chi connectivity index (χ1) is 40.5. The maximum atomic E-state index is 12.9. The van der Waals surface area contributed by atoms with Gasteiger partial charge in [-0.05, 0) is 96.3 Å². The maximum absolute atomic E-state index is 12.9. The van der Waals surface area contributed by atoms with Gasteiger partial charge in [0, 0.05) is 19.3 Å². The number of hydrogen-bond acceptors (Lipinski definition) is 6. The van der Waals surface area contributed by atoms with Gasteiger partial charge >= 0.3 is 17.9 Å². The van der Waals surface area contributed by atoms with Crippen molar-refractivity contribution in [3.63, 3.8) is 0 Å². The second-order valence-corrected chi connectivity index (χ2v) is 23.4. The fourth-order valence-corrected chi connectivity index (χ4v) is 10.1. The Hall–Kier alpha value is -3.67. The van der Waals surface area contributed by atoms with Gasteiger partial charge in [0.2, 0.25) is 0 Å². The second kappa shape index (κ2) is 69.8. The average Bonchev–Trinajstić information content (AvgIpc) is 3.47. The van der Waals surface area contributed by atoms with Crippen LogP contribution in [-0.2, 0) is 28.6 Å². The van der Waals surface area contributed by atoms with Gasteiger partial charge in [-0.25, -0.2) is 0 Å². The predicted molar refractivity (Wildman–Crippen MR) is 357 cm³/mol. The molecule has 0 heterocycles. The molecule has 0 aliphatic rings. The van der Waals surface area contributed by atoms with Crippen molar-refractivity contribution in [3.05, 3.63) is 97.2 Å². The number of carbonyl (C=O) groups excluding carboxylic acids is 3. The molecule has 0 saturated carbocycles. The summed E-state index contributed by atoms with van der Waals surface area (Å²) < 4.78 is 16.9. The monoisotopic (exact) mass is 1140 g/mol. The van der Waals surface area contributed by atoms with Crippen LogP contribution >= 0.6 is 0 Å². The lowest BCUT2D eigenvalue weighted by molar-refractivity contribution is -0.167. The highest BCUT2D eigenvalue weighted by molar-refractivity contribution is 5.71. The van der Waals surface area contributed by atoms with Gasteiger partial charge in [-0.1, -0.05) is 330 Å². The highest BCUT2D eigenvalue weighted by atomic mass is 16.6. The van der Waals surface area contributed by atoms with Crippen LogP contribution in [0.25, 0.3) is 0 Å². The van der Waals surface area contributed by atoms with Crippen LogP contribution in [0.15, 0.2) is 97.2 Å².